The van der Waals surface area contributed by atoms with Gasteiger partial charge in [-0.15, -0.1) is 0 Å². The summed E-state index contributed by atoms with van der Waals surface area (Å²) in [4.78, 5) is 13.5. The van der Waals surface area contributed by atoms with Gasteiger partial charge in [0.1, 0.15) is 5.75 Å². The lowest BCUT2D eigenvalue weighted by atomic mass is 10.2. The molecule has 0 aliphatic carbocycles. The molecule has 1 saturated heterocycles. The van der Waals surface area contributed by atoms with E-state index >= 15 is 0 Å². The number of nitrogens with zero attached hydrogens (tertiary/aromatic N) is 1. The second kappa shape index (κ2) is 3.90. The van der Waals surface area contributed by atoms with Gasteiger partial charge < -0.3 is 15.3 Å². The van der Waals surface area contributed by atoms with Crippen LogP contribution in [0, 0.1) is 0 Å². The van der Waals surface area contributed by atoms with E-state index in [1.807, 2.05) is 13.0 Å². The molecule has 1 aliphatic rings. The van der Waals surface area contributed by atoms with Crippen molar-refractivity contribution in [2.45, 2.75) is 13.0 Å². The van der Waals surface area contributed by atoms with Crippen LogP contribution in [-0.2, 0) is 4.79 Å². The van der Waals surface area contributed by atoms with E-state index in [9.17, 15) is 9.90 Å². The first-order valence-electron chi connectivity index (χ1n) is 5.03. The molecule has 0 saturated carbocycles. The summed E-state index contributed by atoms with van der Waals surface area (Å²) in [5, 5.41) is 12.7. The number of benzene rings is 1. The Kier molecular flexibility index (Phi) is 2.60. The smallest absolute Gasteiger partial charge is 0.243 e. The second-order valence-electron chi connectivity index (χ2n) is 3.65. The number of hydrogen-bond acceptors (Lipinski definition) is 3. The van der Waals surface area contributed by atoms with Crippen molar-refractivity contribution in [3.8, 4) is 5.75 Å². The van der Waals surface area contributed by atoms with Crippen molar-refractivity contribution in [3.63, 3.8) is 0 Å². The van der Waals surface area contributed by atoms with Crippen LogP contribution >= 0.6 is 0 Å². The predicted octanol–water partition coefficient (Wildman–Crippen LogP) is 0.717. The van der Waals surface area contributed by atoms with E-state index < -0.39 is 0 Å². The van der Waals surface area contributed by atoms with Crippen LogP contribution in [0.3, 0.4) is 0 Å². The molecule has 1 aromatic rings. The molecule has 4 nitrogen and oxygen atoms in total. The summed E-state index contributed by atoms with van der Waals surface area (Å²) in [5.74, 6) is 0.155. The quantitative estimate of drug-likeness (QED) is 0.711. The number of phenolic OH excluding ortho intramolecular Hbond substituents is 1. The summed E-state index contributed by atoms with van der Waals surface area (Å²) in [5.41, 5.74) is 0.593. The number of piperazine rings is 1. The van der Waals surface area contributed by atoms with Gasteiger partial charge in [-0.05, 0) is 19.1 Å². The zero-order valence-electron chi connectivity index (χ0n) is 8.60. The average molecular weight is 206 g/mol. The highest BCUT2D eigenvalue weighted by atomic mass is 16.3. The number of hydrogen-bond donors (Lipinski definition) is 2. The van der Waals surface area contributed by atoms with Crippen molar-refractivity contribution in [1.82, 2.24) is 5.32 Å². The zero-order valence-corrected chi connectivity index (χ0v) is 8.60. The maximum atomic E-state index is 11.8. The van der Waals surface area contributed by atoms with Crippen LogP contribution in [0.2, 0.25) is 0 Å². The average Bonchev–Trinajstić information content (AvgIpc) is 2.23. The summed E-state index contributed by atoms with van der Waals surface area (Å²) < 4.78 is 0. The van der Waals surface area contributed by atoms with E-state index in [1.165, 1.54) is 0 Å². The molecule has 0 radical (unpaired) electrons. The van der Waals surface area contributed by atoms with E-state index in [0.717, 1.165) is 6.54 Å². The van der Waals surface area contributed by atoms with E-state index in [1.54, 1.807) is 23.1 Å². The van der Waals surface area contributed by atoms with Crippen LogP contribution in [0.1, 0.15) is 6.92 Å². The Morgan fingerprint density at radius 1 is 1.47 bits per heavy atom. The first kappa shape index (κ1) is 9.98. The van der Waals surface area contributed by atoms with E-state index in [2.05, 4.69) is 5.32 Å². The van der Waals surface area contributed by atoms with Crippen LogP contribution in [0.25, 0.3) is 0 Å². The molecule has 1 aromatic carbocycles. The number of anilines is 1. The number of phenols is 1. The van der Waals surface area contributed by atoms with Gasteiger partial charge in [0, 0.05) is 13.1 Å². The highest BCUT2D eigenvalue weighted by molar-refractivity contribution is 5.98. The van der Waals surface area contributed by atoms with Crippen molar-refractivity contribution < 1.29 is 9.90 Å². The molecule has 1 heterocycles. The highest BCUT2D eigenvalue weighted by Gasteiger charge is 2.26. The predicted molar refractivity (Wildman–Crippen MR) is 57.9 cm³/mol. The van der Waals surface area contributed by atoms with E-state index in [4.69, 9.17) is 0 Å². The van der Waals surface area contributed by atoms with Crippen molar-refractivity contribution >= 4 is 11.6 Å². The minimum atomic E-state index is -0.182. The number of carbonyl (C=O) groups is 1. The molecule has 0 spiro atoms. The maximum Gasteiger partial charge on any atom is 0.243 e. The minimum absolute atomic E-state index is 0.00255. The third-order valence-corrected chi connectivity index (χ3v) is 2.59. The molecule has 1 aliphatic heterocycles. The van der Waals surface area contributed by atoms with Crippen molar-refractivity contribution in [2.75, 3.05) is 18.0 Å². The molecule has 1 amide bonds. The molecule has 2 N–H and O–H groups in total. The number of rotatable bonds is 1. The fraction of sp³-hybridized carbons (Fsp3) is 0.364. The van der Waals surface area contributed by atoms with Gasteiger partial charge in [-0.1, -0.05) is 12.1 Å². The molecule has 0 aromatic heterocycles. The Bertz CT molecular complexity index is 379. The van der Waals surface area contributed by atoms with Gasteiger partial charge in [-0.3, -0.25) is 4.79 Å². The van der Waals surface area contributed by atoms with Crippen molar-refractivity contribution in [3.05, 3.63) is 24.3 Å². The van der Waals surface area contributed by atoms with Crippen LogP contribution in [0.4, 0.5) is 5.69 Å². The van der Waals surface area contributed by atoms with Gasteiger partial charge >= 0.3 is 0 Å². The molecular formula is C11H14N2O2. The maximum absolute atomic E-state index is 11.8. The fourth-order valence-corrected chi connectivity index (χ4v) is 1.76. The third kappa shape index (κ3) is 1.80. The zero-order chi connectivity index (χ0) is 10.8. The van der Waals surface area contributed by atoms with E-state index in [-0.39, 0.29) is 17.7 Å². The highest BCUT2D eigenvalue weighted by Crippen LogP contribution is 2.27. The molecule has 1 fully saturated rings. The molecule has 4 heteroatoms. The lowest BCUT2D eigenvalue weighted by molar-refractivity contribution is -0.121. The number of para-hydroxylation sites is 2. The number of amides is 1. The van der Waals surface area contributed by atoms with Gasteiger partial charge in [0.2, 0.25) is 5.91 Å². The van der Waals surface area contributed by atoms with Gasteiger partial charge in [0.05, 0.1) is 11.7 Å². The summed E-state index contributed by atoms with van der Waals surface area (Å²) in [7, 11) is 0. The van der Waals surface area contributed by atoms with Gasteiger partial charge in [-0.2, -0.15) is 0 Å². The summed E-state index contributed by atoms with van der Waals surface area (Å²) in [6.07, 6.45) is 0. The topological polar surface area (TPSA) is 52.6 Å². The summed E-state index contributed by atoms with van der Waals surface area (Å²) >= 11 is 0. The van der Waals surface area contributed by atoms with Crippen molar-refractivity contribution in [2.24, 2.45) is 0 Å². The normalized spacial score (nSPS) is 21.8. The summed E-state index contributed by atoms with van der Waals surface area (Å²) in [6, 6.07) is 6.73. The minimum Gasteiger partial charge on any atom is -0.506 e. The Hall–Kier alpha value is -1.55. The van der Waals surface area contributed by atoms with Crippen LogP contribution in [0.5, 0.6) is 5.75 Å². The molecule has 15 heavy (non-hydrogen) atoms. The lowest BCUT2D eigenvalue weighted by Crippen LogP contribution is -2.53. The SMILES string of the molecule is CC1NCCN(c2ccccc2O)C1=O. The molecule has 0 bridgehead atoms. The Balaban J connectivity index is 2.30. The molecular weight excluding hydrogens is 192 g/mol. The molecule has 1 unspecified atom stereocenters. The number of nitrogens with one attached hydrogen (secondary N) is 1. The van der Waals surface area contributed by atoms with E-state index in [0.29, 0.717) is 12.2 Å². The fourth-order valence-electron chi connectivity index (χ4n) is 1.76. The standard InChI is InChI=1S/C11H14N2O2/c1-8-11(15)13(7-6-12-8)9-4-2-3-5-10(9)14/h2-5,8,12,14H,6-7H2,1H3. The number of aromatic hydroxyl groups is 1. The van der Waals surface area contributed by atoms with Crippen molar-refractivity contribution in [1.29, 1.82) is 0 Å². The first-order chi connectivity index (χ1) is 7.20. The molecule has 80 valence electrons. The Morgan fingerprint density at radius 2 is 2.20 bits per heavy atom. The largest absolute Gasteiger partial charge is 0.506 e. The molecule has 1 atom stereocenters. The molecule has 2 rings (SSSR count). The Morgan fingerprint density at radius 3 is 2.93 bits per heavy atom. The van der Waals surface area contributed by atoms with Crippen LogP contribution < -0.4 is 10.2 Å². The monoisotopic (exact) mass is 206 g/mol. The lowest BCUT2D eigenvalue weighted by Gasteiger charge is -2.31. The van der Waals surface area contributed by atoms with Gasteiger partial charge in [0.15, 0.2) is 0 Å². The summed E-state index contributed by atoms with van der Waals surface area (Å²) in [6.45, 7) is 3.18. The van der Waals surface area contributed by atoms with Gasteiger partial charge in [0.25, 0.3) is 0 Å². The second-order valence-corrected chi connectivity index (χ2v) is 3.65. The Labute approximate surface area is 88.5 Å². The first-order valence-corrected chi connectivity index (χ1v) is 5.03. The van der Waals surface area contributed by atoms with Gasteiger partial charge in [-0.25, -0.2) is 0 Å². The number of carbonyl (C=O) groups excluding carboxylic acids is 1. The van der Waals surface area contributed by atoms with Crippen LogP contribution in [-0.4, -0.2) is 30.1 Å². The van der Waals surface area contributed by atoms with Crippen LogP contribution in [0.15, 0.2) is 24.3 Å². The third-order valence-electron chi connectivity index (χ3n) is 2.59.